The van der Waals surface area contributed by atoms with E-state index < -0.39 is 9.84 Å². The summed E-state index contributed by atoms with van der Waals surface area (Å²) in [6.45, 7) is 4.10. The molecule has 0 spiro atoms. The molecule has 1 atom stereocenters. The molecular formula is C25H27N9O3S. The summed E-state index contributed by atoms with van der Waals surface area (Å²) in [7, 11) is -3.45. The van der Waals surface area contributed by atoms with Gasteiger partial charge in [-0.25, -0.2) is 38.3 Å². The largest absolute Gasteiger partial charge is 0.360 e. The molecule has 2 aliphatic carbocycles. The Morgan fingerprint density at radius 2 is 1.82 bits per heavy atom. The Bertz CT molecular complexity index is 1710. The summed E-state index contributed by atoms with van der Waals surface area (Å²) in [5.74, 6) is 1.42. The van der Waals surface area contributed by atoms with E-state index >= 15 is 0 Å². The first-order valence-corrected chi connectivity index (χ1v) is 14.5. The number of aromatic nitrogens is 8. The Morgan fingerprint density at radius 1 is 1.03 bits per heavy atom. The van der Waals surface area contributed by atoms with Crippen LogP contribution in [0.3, 0.4) is 0 Å². The van der Waals surface area contributed by atoms with E-state index in [0.717, 1.165) is 48.9 Å². The zero-order valence-corrected chi connectivity index (χ0v) is 22.1. The average molecular weight is 534 g/mol. The predicted octanol–water partition coefficient (Wildman–Crippen LogP) is 2.61. The molecule has 0 unspecified atom stereocenters. The lowest BCUT2D eigenvalue weighted by molar-refractivity contribution is 0.482. The van der Waals surface area contributed by atoms with Crippen LogP contribution in [0.1, 0.15) is 61.6 Å². The van der Waals surface area contributed by atoms with E-state index in [9.17, 15) is 13.2 Å². The van der Waals surface area contributed by atoms with E-state index in [4.69, 9.17) is 4.98 Å². The number of aryl methyl sites for hydroxylation is 1. The van der Waals surface area contributed by atoms with E-state index in [1.165, 1.54) is 12.4 Å². The monoisotopic (exact) mass is 533 g/mol. The molecule has 13 heteroatoms. The second-order valence-electron chi connectivity index (χ2n) is 10.1. The molecule has 4 aromatic heterocycles. The summed E-state index contributed by atoms with van der Waals surface area (Å²) in [5, 5.41) is 2.94. The van der Waals surface area contributed by atoms with Crippen molar-refractivity contribution in [3.63, 3.8) is 0 Å². The zero-order valence-electron chi connectivity index (χ0n) is 21.3. The quantitative estimate of drug-likeness (QED) is 0.355. The van der Waals surface area contributed by atoms with Gasteiger partial charge in [0.2, 0.25) is 0 Å². The van der Waals surface area contributed by atoms with Crippen molar-refractivity contribution in [1.82, 2.24) is 39.5 Å². The molecule has 12 nitrogen and oxygen atoms in total. The smallest absolute Gasteiger partial charge is 0.295 e. The maximum atomic E-state index is 13.7. The molecule has 0 saturated heterocycles. The van der Waals surface area contributed by atoms with Crippen molar-refractivity contribution < 1.29 is 8.42 Å². The van der Waals surface area contributed by atoms with E-state index in [1.54, 1.807) is 17.1 Å². The van der Waals surface area contributed by atoms with Crippen molar-refractivity contribution in [1.29, 1.82) is 0 Å². The molecule has 38 heavy (non-hydrogen) atoms. The number of anilines is 1. The van der Waals surface area contributed by atoms with Crippen LogP contribution in [0.5, 0.6) is 0 Å². The van der Waals surface area contributed by atoms with Crippen LogP contribution in [0, 0.1) is 12.8 Å². The van der Waals surface area contributed by atoms with Gasteiger partial charge in [-0.05, 0) is 45.4 Å². The molecule has 0 aromatic carbocycles. The number of fused-ring (bicyclic) bond motifs is 1. The van der Waals surface area contributed by atoms with Gasteiger partial charge in [-0.1, -0.05) is 0 Å². The van der Waals surface area contributed by atoms with E-state index in [2.05, 4.69) is 35.2 Å². The van der Waals surface area contributed by atoms with E-state index in [-0.39, 0.29) is 29.0 Å². The summed E-state index contributed by atoms with van der Waals surface area (Å²) in [6, 6.07) is -0.0684. The molecule has 4 heterocycles. The second-order valence-corrected chi connectivity index (χ2v) is 12.0. The average Bonchev–Trinajstić information content (AvgIpc) is 3.80. The van der Waals surface area contributed by atoms with Crippen LogP contribution in [-0.4, -0.2) is 54.1 Å². The van der Waals surface area contributed by atoms with Gasteiger partial charge in [-0.2, -0.15) is 0 Å². The number of rotatable bonds is 8. The third-order valence-corrected chi connectivity index (χ3v) is 8.07. The minimum absolute atomic E-state index is 0.0684. The van der Waals surface area contributed by atoms with Gasteiger partial charge < -0.3 is 5.32 Å². The van der Waals surface area contributed by atoms with E-state index in [0.29, 0.717) is 34.5 Å². The van der Waals surface area contributed by atoms with Crippen LogP contribution in [0.4, 0.5) is 5.82 Å². The van der Waals surface area contributed by atoms with Crippen LogP contribution in [0.2, 0.25) is 0 Å². The minimum Gasteiger partial charge on any atom is -0.360 e. The van der Waals surface area contributed by atoms with Crippen molar-refractivity contribution in [2.24, 2.45) is 5.92 Å². The normalized spacial score (nSPS) is 16.5. The number of hydrogen-bond acceptors (Lipinski definition) is 11. The van der Waals surface area contributed by atoms with Crippen LogP contribution in [0.15, 0.2) is 34.7 Å². The lowest BCUT2D eigenvalue weighted by Crippen LogP contribution is -2.29. The number of hydrogen-bond donors (Lipinski definition) is 1. The molecule has 0 aliphatic heterocycles. The maximum absolute atomic E-state index is 13.7. The Kier molecular flexibility index (Phi) is 5.89. The third-order valence-electron chi connectivity index (χ3n) is 7.10. The lowest BCUT2D eigenvalue weighted by Gasteiger charge is -2.19. The molecule has 2 saturated carbocycles. The highest BCUT2D eigenvalue weighted by Gasteiger charge is 2.33. The van der Waals surface area contributed by atoms with Crippen LogP contribution in [0.25, 0.3) is 22.6 Å². The highest BCUT2D eigenvalue weighted by atomic mass is 32.2. The molecule has 6 rings (SSSR count). The summed E-state index contributed by atoms with van der Waals surface area (Å²) >= 11 is 0. The van der Waals surface area contributed by atoms with Gasteiger partial charge >= 0.3 is 0 Å². The fraction of sp³-hybridized carbons (Fsp3) is 0.440. The van der Waals surface area contributed by atoms with Gasteiger partial charge in [0.05, 0.1) is 47.8 Å². The Labute approximate surface area is 219 Å². The number of nitrogens with one attached hydrogen (secondary N) is 1. The first kappa shape index (κ1) is 24.5. The fourth-order valence-electron chi connectivity index (χ4n) is 4.64. The van der Waals surface area contributed by atoms with Crippen molar-refractivity contribution in [3.8, 4) is 11.4 Å². The highest BCUT2D eigenvalue weighted by molar-refractivity contribution is 7.90. The third kappa shape index (κ3) is 4.62. The minimum atomic E-state index is -3.45. The Balaban J connectivity index is 1.40. The summed E-state index contributed by atoms with van der Waals surface area (Å²) in [5.41, 5.74) is 3.74. The second kappa shape index (κ2) is 9.15. The molecule has 2 fully saturated rings. The molecule has 4 aromatic rings. The van der Waals surface area contributed by atoms with Crippen molar-refractivity contribution in [2.45, 2.75) is 63.1 Å². The summed E-state index contributed by atoms with van der Waals surface area (Å²) in [4.78, 5) is 44.7. The fourth-order valence-corrected chi connectivity index (χ4v) is 5.13. The molecule has 196 valence electrons. The van der Waals surface area contributed by atoms with Crippen molar-refractivity contribution in [3.05, 3.63) is 52.4 Å². The van der Waals surface area contributed by atoms with Crippen molar-refractivity contribution >= 4 is 26.8 Å². The highest BCUT2D eigenvalue weighted by Crippen LogP contribution is 2.43. The van der Waals surface area contributed by atoms with Gasteiger partial charge in [0.25, 0.3) is 5.56 Å². The summed E-state index contributed by atoms with van der Waals surface area (Å²) in [6.07, 6.45) is 11.1. The number of sulfone groups is 1. The van der Waals surface area contributed by atoms with Crippen LogP contribution in [-0.2, 0) is 16.4 Å². The predicted molar refractivity (Wildman–Crippen MR) is 139 cm³/mol. The molecule has 2 aliphatic rings. The first-order chi connectivity index (χ1) is 18.2. The maximum Gasteiger partial charge on any atom is 0.295 e. The van der Waals surface area contributed by atoms with Gasteiger partial charge in [0.15, 0.2) is 32.2 Å². The standard InChI is InChI=1S/C25H27N9O3S/c1-13-20(21(16-6-7-16)31-12-30-13)22-29-10-18-24(33-22)34(14(2)15-4-5-15)25(35)23(32-18)28-9-17-8-27-19(11-26-17)38(3,36)37/h8,10-12,14-16H,4-7,9H2,1-3H3,(H,28,32)/t14-/m0/s1. The van der Waals surface area contributed by atoms with E-state index in [1.807, 2.05) is 13.8 Å². The molecule has 0 radical (unpaired) electrons. The molecular weight excluding hydrogens is 506 g/mol. The Morgan fingerprint density at radius 3 is 2.47 bits per heavy atom. The zero-order chi connectivity index (χ0) is 26.6. The van der Waals surface area contributed by atoms with Gasteiger partial charge in [-0.15, -0.1) is 0 Å². The molecule has 0 amide bonds. The summed E-state index contributed by atoms with van der Waals surface area (Å²) < 4.78 is 25.0. The molecule has 0 bridgehead atoms. The van der Waals surface area contributed by atoms with Gasteiger partial charge in [0.1, 0.15) is 11.8 Å². The van der Waals surface area contributed by atoms with Crippen LogP contribution >= 0.6 is 0 Å². The first-order valence-electron chi connectivity index (χ1n) is 12.6. The molecule has 1 N–H and O–H groups in total. The number of nitrogens with zero attached hydrogens (tertiary/aromatic N) is 8. The van der Waals surface area contributed by atoms with Crippen molar-refractivity contribution in [2.75, 3.05) is 11.6 Å². The topological polar surface area (TPSA) is 158 Å². The SMILES string of the molecule is Cc1ncnc(C2CC2)c1-c1ncc2nc(NCc3cnc(S(C)(=O)=O)cn3)c(=O)n([C@@H](C)C3CC3)c2n1. The lowest BCUT2D eigenvalue weighted by atomic mass is 10.1. The van der Waals surface area contributed by atoms with Gasteiger partial charge in [0, 0.05) is 18.2 Å². The van der Waals surface area contributed by atoms with Crippen LogP contribution < -0.4 is 10.9 Å². The van der Waals surface area contributed by atoms with Gasteiger partial charge in [-0.3, -0.25) is 14.3 Å². The Hall–Kier alpha value is -3.87.